The van der Waals surface area contributed by atoms with E-state index in [2.05, 4.69) is 15.5 Å². The number of ether oxygens (including phenoxy) is 1. The summed E-state index contributed by atoms with van der Waals surface area (Å²) < 4.78 is 4.91. The van der Waals surface area contributed by atoms with Crippen LogP contribution in [-0.4, -0.2) is 30.5 Å². The Kier molecular flexibility index (Phi) is 3.10. The van der Waals surface area contributed by atoms with Gasteiger partial charge in [0.15, 0.2) is 5.82 Å². The number of nitrogens with zero attached hydrogens (tertiary/aromatic N) is 1. The Hall–Kier alpha value is -1.03. The summed E-state index contributed by atoms with van der Waals surface area (Å²) >= 11 is 0. The van der Waals surface area contributed by atoms with Gasteiger partial charge in [0.25, 0.3) is 0 Å². The van der Waals surface area contributed by atoms with Crippen molar-refractivity contribution < 1.29 is 4.74 Å². The minimum Gasteiger partial charge on any atom is -0.383 e. The van der Waals surface area contributed by atoms with Crippen molar-refractivity contribution in [1.29, 1.82) is 0 Å². The van der Waals surface area contributed by atoms with Crippen molar-refractivity contribution in [1.82, 2.24) is 10.2 Å². The first-order chi connectivity index (χ1) is 5.75. The van der Waals surface area contributed by atoms with Gasteiger partial charge < -0.3 is 10.1 Å². The number of rotatable bonds is 4. The lowest BCUT2D eigenvalue weighted by molar-refractivity contribution is 0.210. The molecule has 4 heteroatoms. The van der Waals surface area contributed by atoms with Gasteiger partial charge in [-0.2, -0.15) is 5.10 Å². The molecule has 0 aliphatic carbocycles. The number of aromatic nitrogens is 2. The number of anilines is 1. The second-order valence-corrected chi connectivity index (χ2v) is 2.74. The number of aryl methyl sites for hydroxylation is 1. The molecule has 4 nitrogen and oxygen atoms in total. The number of aromatic amines is 1. The average Bonchev–Trinajstić information content (AvgIpc) is 2.36. The van der Waals surface area contributed by atoms with E-state index in [-0.39, 0.29) is 0 Å². The third-order valence-corrected chi connectivity index (χ3v) is 1.85. The van der Waals surface area contributed by atoms with Gasteiger partial charge in [0.05, 0.1) is 6.61 Å². The molecule has 0 unspecified atom stereocenters. The van der Waals surface area contributed by atoms with Crippen molar-refractivity contribution >= 4 is 5.82 Å². The second kappa shape index (κ2) is 4.11. The van der Waals surface area contributed by atoms with E-state index in [1.54, 1.807) is 7.11 Å². The Balaban J connectivity index is 2.46. The molecule has 1 aromatic heterocycles. The van der Waals surface area contributed by atoms with E-state index in [1.807, 2.05) is 13.8 Å². The molecule has 0 atom stereocenters. The predicted octanol–water partition coefficient (Wildman–Crippen LogP) is 1.08. The minimum atomic E-state index is 0.700. The maximum atomic E-state index is 4.91. The van der Waals surface area contributed by atoms with Crippen molar-refractivity contribution in [2.75, 3.05) is 25.6 Å². The molecule has 1 heterocycles. The highest BCUT2D eigenvalue weighted by Crippen LogP contribution is 2.12. The summed E-state index contributed by atoms with van der Waals surface area (Å²) in [5.41, 5.74) is 2.28. The molecule has 0 saturated heterocycles. The normalized spacial score (nSPS) is 10.2. The van der Waals surface area contributed by atoms with Crippen LogP contribution in [0.25, 0.3) is 0 Å². The van der Waals surface area contributed by atoms with Crippen molar-refractivity contribution in [2.45, 2.75) is 13.8 Å². The highest BCUT2D eigenvalue weighted by atomic mass is 16.5. The van der Waals surface area contributed by atoms with Crippen LogP contribution in [0.1, 0.15) is 11.3 Å². The van der Waals surface area contributed by atoms with Gasteiger partial charge in [0, 0.05) is 24.9 Å². The molecular weight excluding hydrogens is 154 g/mol. The van der Waals surface area contributed by atoms with Gasteiger partial charge in [0.2, 0.25) is 0 Å². The molecule has 0 aromatic carbocycles. The number of nitrogens with one attached hydrogen (secondary N) is 2. The number of hydrogen-bond donors (Lipinski definition) is 2. The van der Waals surface area contributed by atoms with Crippen LogP contribution >= 0.6 is 0 Å². The molecule has 0 bridgehead atoms. The third-order valence-electron chi connectivity index (χ3n) is 1.85. The molecule has 0 aliphatic heterocycles. The standard InChI is InChI=1S/C8H15N3O/c1-6-7(2)10-11-8(6)9-4-5-12-3/h4-5H2,1-3H3,(H2,9,10,11). The zero-order chi connectivity index (χ0) is 8.97. The van der Waals surface area contributed by atoms with Gasteiger partial charge in [-0.3, -0.25) is 5.10 Å². The molecular formula is C8H15N3O. The molecule has 68 valence electrons. The SMILES string of the molecule is COCCNc1n[nH]c(C)c1C. The lowest BCUT2D eigenvalue weighted by Crippen LogP contribution is -2.08. The zero-order valence-corrected chi connectivity index (χ0v) is 7.77. The smallest absolute Gasteiger partial charge is 0.151 e. The van der Waals surface area contributed by atoms with E-state index in [9.17, 15) is 0 Å². The van der Waals surface area contributed by atoms with Gasteiger partial charge in [-0.15, -0.1) is 0 Å². The molecule has 2 N–H and O–H groups in total. The summed E-state index contributed by atoms with van der Waals surface area (Å²) in [6, 6.07) is 0. The highest BCUT2D eigenvalue weighted by Gasteiger charge is 2.02. The molecule has 1 rings (SSSR count). The fourth-order valence-electron chi connectivity index (χ4n) is 0.929. The molecule has 0 aliphatic rings. The Morgan fingerprint density at radius 2 is 2.25 bits per heavy atom. The lowest BCUT2D eigenvalue weighted by Gasteiger charge is -2.02. The van der Waals surface area contributed by atoms with E-state index in [0.29, 0.717) is 6.61 Å². The Labute approximate surface area is 72.3 Å². The largest absolute Gasteiger partial charge is 0.383 e. The van der Waals surface area contributed by atoms with Gasteiger partial charge in [-0.25, -0.2) is 0 Å². The highest BCUT2D eigenvalue weighted by molar-refractivity contribution is 5.44. The van der Waals surface area contributed by atoms with Crippen LogP contribution in [0.5, 0.6) is 0 Å². The Morgan fingerprint density at radius 1 is 1.50 bits per heavy atom. The van der Waals surface area contributed by atoms with E-state index >= 15 is 0 Å². The number of hydrogen-bond acceptors (Lipinski definition) is 3. The predicted molar refractivity (Wildman–Crippen MR) is 48.4 cm³/mol. The first kappa shape index (κ1) is 9.06. The summed E-state index contributed by atoms with van der Waals surface area (Å²) in [5.74, 6) is 0.921. The van der Waals surface area contributed by atoms with E-state index in [4.69, 9.17) is 4.74 Å². The van der Waals surface area contributed by atoms with Crippen LogP contribution in [-0.2, 0) is 4.74 Å². The first-order valence-electron chi connectivity index (χ1n) is 4.00. The van der Waals surface area contributed by atoms with Gasteiger partial charge in [-0.05, 0) is 13.8 Å². The number of H-pyrrole nitrogens is 1. The summed E-state index contributed by atoms with van der Waals surface area (Å²) in [6.07, 6.45) is 0. The van der Waals surface area contributed by atoms with Crippen LogP contribution in [0, 0.1) is 13.8 Å². The van der Waals surface area contributed by atoms with Crippen LogP contribution in [0.3, 0.4) is 0 Å². The van der Waals surface area contributed by atoms with E-state index in [0.717, 1.165) is 18.1 Å². The summed E-state index contributed by atoms with van der Waals surface area (Å²) in [4.78, 5) is 0. The quantitative estimate of drug-likeness (QED) is 0.663. The van der Waals surface area contributed by atoms with Crippen LogP contribution in [0.2, 0.25) is 0 Å². The summed E-state index contributed by atoms with van der Waals surface area (Å²) in [7, 11) is 1.68. The third kappa shape index (κ3) is 1.98. The van der Waals surface area contributed by atoms with Crippen molar-refractivity contribution in [3.8, 4) is 0 Å². The summed E-state index contributed by atoms with van der Waals surface area (Å²) in [6.45, 7) is 5.53. The molecule has 0 radical (unpaired) electrons. The van der Waals surface area contributed by atoms with Gasteiger partial charge >= 0.3 is 0 Å². The topological polar surface area (TPSA) is 49.9 Å². The maximum absolute atomic E-state index is 4.91. The van der Waals surface area contributed by atoms with Gasteiger partial charge in [-0.1, -0.05) is 0 Å². The minimum absolute atomic E-state index is 0.700. The molecule has 0 saturated carbocycles. The first-order valence-corrected chi connectivity index (χ1v) is 4.00. The van der Waals surface area contributed by atoms with E-state index < -0.39 is 0 Å². The van der Waals surface area contributed by atoms with E-state index in [1.165, 1.54) is 5.56 Å². The number of methoxy groups -OCH3 is 1. The molecule has 1 aromatic rings. The molecule has 12 heavy (non-hydrogen) atoms. The van der Waals surface area contributed by atoms with Crippen LogP contribution < -0.4 is 5.32 Å². The second-order valence-electron chi connectivity index (χ2n) is 2.74. The molecule has 0 fully saturated rings. The lowest BCUT2D eigenvalue weighted by atomic mass is 10.3. The van der Waals surface area contributed by atoms with Crippen LogP contribution in [0.4, 0.5) is 5.82 Å². The average molecular weight is 169 g/mol. The molecule has 0 amide bonds. The Bertz CT molecular complexity index is 244. The summed E-state index contributed by atoms with van der Waals surface area (Å²) in [5, 5.41) is 10.2. The van der Waals surface area contributed by atoms with Crippen molar-refractivity contribution in [3.63, 3.8) is 0 Å². The Morgan fingerprint density at radius 3 is 2.75 bits per heavy atom. The fraction of sp³-hybridized carbons (Fsp3) is 0.625. The van der Waals surface area contributed by atoms with Crippen molar-refractivity contribution in [2.24, 2.45) is 0 Å². The molecule has 0 spiro atoms. The maximum Gasteiger partial charge on any atom is 0.151 e. The fourth-order valence-corrected chi connectivity index (χ4v) is 0.929. The zero-order valence-electron chi connectivity index (χ0n) is 7.77. The van der Waals surface area contributed by atoms with Crippen molar-refractivity contribution in [3.05, 3.63) is 11.3 Å². The monoisotopic (exact) mass is 169 g/mol. The van der Waals surface area contributed by atoms with Crippen LogP contribution in [0.15, 0.2) is 0 Å². The van der Waals surface area contributed by atoms with Gasteiger partial charge in [0.1, 0.15) is 0 Å².